The van der Waals surface area contributed by atoms with E-state index in [1.54, 1.807) is 13.3 Å². The molecule has 3 heterocycles. The number of ether oxygens (including phenoxy) is 1. The molecule has 35 heavy (non-hydrogen) atoms. The first-order valence-electron chi connectivity index (χ1n) is 11.6. The molecule has 8 nitrogen and oxygen atoms in total. The number of aromatic nitrogens is 1. The third-order valence-corrected chi connectivity index (χ3v) is 7.99. The van der Waals surface area contributed by atoms with Crippen LogP contribution < -0.4 is 27.0 Å². The second kappa shape index (κ2) is 9.29. The number of thioether (sulfide) groups is 1. The van der Waals surface area contributed by atoms with Gasteiger partial charge in [0.2, 0.25) is 0 Å². The van der Waals surface area contributed by atoms with E-state index >= 15 is 0 Å². The number of primary amides is 1. The number of nitrogens with zero attached hydrogens (tertiary/aromatic N) is 3. The van der Waals surface area contributed by atoms with E-state index in [1.165, 1.54) is 23.1 Å². The molecule has 1 amide bonds. The van der Waals surface area contributed by atoms with Gasteiger partial charge in [-0.1, -0.05) is 17.8 Å². The van der Waals surface area contributed by atoms with Crippen LogP contribution in [0.5, 0.6) is 0 Å². The standard InChI is InChI=1S/C24H28F2N6O2S/c1-34-17-8-7-13-19(17)30-10-16(20(13)31-9-3-4-12(27)11-31)32-21(22(28)33)23(29)35-24(32)18-14(25)5-2-6-15(18)26/h2,5-6,10,12,17,24H,3-4,7-9,11,27,29H2,1H3,(H2,28,33)/t12-,17-,24?/m0/s1. The Hall–Kier alpha value is -2.89. The van der Waals surface area contributed by atoms with Crippen molar-refractivity contribution < 1.29 is 18.3 Å². The Morgan fingerprint density at radius 3 is 2.66 bits per heavy atom. The third kappa shape index (κ3) is 4.01. The fraction of sp³-hybridized carbons (Fsp3) is 0.417. The average Bonchev–Trinajstić information content (AvgIpc) is 3.38. The molecule has 1 saturated heterocycles. The van der Waals surface area contributed by atoms with Crippen LogP contribution in [-0.2, 0) is 16.0 Å². The maximum Gasteiger partial charge on any atom is 0.268 e. The summed E-state index contributed by atoms with van der Waals surface area (Å²) in [5.74, 6) is -2.26. The van der Waals surface area contributed by atoms with Crippen LogP contribution >= 0.6 is 11.8 Å². The Morgan fingerprint density at radius 1 is 1.26 bits per heavy atom. The lowest BCUT2D eigenvalue weighted by Gasteiger charge is -2.38. The molecule has 0 bridgehead atoms. The van der Waals surface area contributed by atoms with Gasteiger partial charge in [-0.05, 0) is 37.8 Å². The van der Waals surface area contributed by atoms with Gasteiger partial charge in [-0.3, -0.25) is 9.78 Å². The number of carbonyl (C=O) groups is 1. The van der Waals surface area contributed by atoms with Crippen LogP contribution in [0.4, 0.5) is 20.2 Å². The van der Waals surface area contributed by atoms with Gasteiger partial charge in [0.05, 0.1) is 40.0 Å². The topological polar surface area (TPSA) is 124 Å². The monoisotopic (exact) mass is 502 g/mol. The van der Waals surface area contributed by atoms with Crippen LogP contribution in [0.2, 0.25) is 0 Å². The van der Waals surface area contributed by atoms with Gasteiger partial charge in [0.15, 0.2) is 0 Å². The second-order valence-corrected chi connectivity index (χ2v) is 10.1. The number of amides is 1. The molecule has 2 aromatic rings. The van der Waals surface area contributed by atoms with E-state index in [-0.39, 0.29) is 28.4 Å². The summed E-state index contributed by atoms with van der Waals surface area (Å²) in [7, 11) is 1.65. The fourth-order valence-corrected chi connectivity index (χ4v) is 6.56. The molecule has 0 saturated carbocycles. The number of nitrogens with two attached hydrogens (primary N) is 3. The van der Waals surface area contributed by atoms with E-state index in [0.717, 1.165) is 54.5 Å². The predicted octanol–water partition coefficient (Wildman–Crippen LogP) is 2.79. The van der Waals surface area contributed by atoms with E-state index in [0.29, 0.717) is 18.7 Å². The SMILES string of the molecule is CO[C@H]1CCc2c1ncc(N1C(C(N)=O)=C(N)SC1c1c(F)cccc1F)c2N1CCC[C@H](N)C1. The molecule has 0 radical (unpaired) electrons. The summed E-state index contributed by atoms with van der Waals surface area (Å²) in [6.45, 7) is 1.35. The number of pyridine rings is 1. The number of carbonyl (C=O) groups excluding carboxylic acids is 1. The average molecular weight is 503 g/mol. The van der Waals surface area contributed by atoms with Gasteiger partial charge in [0, 0.05) is 31.8 Å². The predicted molar refractivity (Wildman–Crippen MR) is 131 cm³/mol. The van der Waals surface area contributed by atoms with Gasteiger partial charge >= 0.3 is 0 Å². The maximum atomic E-state index is 15.0. The lowest BCUT2D eigenvalue weighted by molar-refractivity contribution is -0.114. The molecular formula is C24H28F2N6O2S. The van der Waals surface area contributed by atoms with Gasteiger partial charge in [-0.25, -0.2) is 8.78 Å². The van der Waals surface area contributed by atoms with E-state index in [4.69, 9.17) is 21.9 Å². The molecule has 1 aromatic carbocycles. The minimum absolute atomic E-state index is 0.00625. The van der Waals surface area contributed by atoms with Crippen LogP contribution in [0.3, 0.4) is 0 Å². The zero-order valence-corrected chi connectivity index (χ0v) is 20.2. The summed E-state index contributed by atoms with van der Waals surface area (Å²) in [5, 5.41) is -0.878. The van der Waals surface area contributed by atoms with Crippen molar-refractivity contribution in [3.05, 3.63) is 63.6 Å². The molecule has 5 rings (SSSR count). The van der Waals surface area contributed by atoms with Crippen LogP contribution in [0.25, 0.3) is 0 Å². The molecule has 1 fully saturated rings. The molecule has 11 heteroatoms. The van der Waals surface area contributed by atoms with Gasteiger partial charge in [0.1, 0.15) is 22.7 Å². The van der Waals surface area contributed by atoms with Crippen molar-refractivity contribution in [2.75, 3.05) is 30.0 Å². The molecule has 186 valence electrons. The number of hydrogen-bond donors (Lipinski definition) is 3. The first kappa shape index (κ1) is 23.8. The van der Waals surface area contributed by atoms with Crippen molar-refractivity contribution in [2.24, 2.45) is 17.2 Å². The summed E-state index contributed by atoms with van der Waals surface area (Å²) in [6, 6.07) is 3.64. The van der Waals surface area contributed by atoms with Gasteiger partial charge < -0.3 is 31.7 Å². The molecular weight excluding hydrogens is 474 g/mol. The number of hydrogen-bond acceptors (Lipinski definition) is 8. The molecule has 6 N–H and O–H groups in total. The number of piperidine rings is 1. The van der Waals surface area contributed by atoms with Crippen molar-refractivity contribution in [1.82, 2.24) is 4.98 Å². The molecule has 1 aromatic heterocycles. The first-order valence-corrected chi connectivity index (χ1v) is 12.4. The van der Waals surface area contributed by atoms with Crippen molar-refractivity contribution >= 4 is 29.0 Å². The largest absolute Gasteiger partial charge is 0.392 e. The minimum Gasteiger partial charge on any atom is -0.392 e. The van der Waals surface area contributed by atoms with Crippen molar-refractivity contribution in [3.63, 3.8) is 0 Å². The summed E-state index contributed by atoms with van der Waals surface area (Å²) < 4.78 is 35.5. The Balaban J connectivity index is 1.73. The van der Waals surface area contributed by atoms with Gasteiger partial charge in [-0.15, -0.1) is 0 Å². The van der Waals surface area contributed by atoms with Gasteiger partial charge in [-0.2, -0.15) is 0 Å². The second-order valence-electron chi connectivity index (χ2n) is 9.02. The molecule has 2 aliphatic heterocycles. The van der Waals surface area contributed by atoms with Crippen LogP contribution in [0, 0.1) is 11.6 Å². The molecule has 3 aliphatic rings. The Labute approximate surface area is 206 Å². The highest BCUT2D eigenvalue weighted by molar-refractivity contribution is 8.03. The van der Waals surface area contributed by atoms with Crippen LogP contribution in [0.15, 0.2) is 35.1 Å². The van der Waals surface area contributed by atoms with E-state index in [2.05, 4.69) is 9.88 Å². The number of anilines is 2. The van der Waals surface area contributed by atoms with Crippen molar-refractivity contribution in [1.29, 1.82) is 0 Å². The molecule has 1 unspecified atom stereocenters. The quantitative estimate of drug-likeness (QED) is 0.570. The Bertz CT molecular complexity index is 1190. The van der Waals surface area contributed by atoms with E-state index < -0.39 is 22.9 Å². The lowest BCUT2D eigenvalue weighted by Crippen LogP contribution is -2.44. The Kier molecular flexibility index (Phi) is 6.32. The lowest BCUT2D eigenvalue weighted by atomic mass is 10.0. The summed E-state index contributed by atoms with van der Waals surface area (Å²) in [5.41, 5.74) is 21.2. The highest BCUT2D eigenvalue weighted by Gasteiger charge is 2.42. The zero-order valence-electron chi connectivity index (χ0n) is 19.3. The molecule has 3 atom stereocenters. The number of halogens is 2. The molecule has 1 aliphatic carbocycles. The number of benzene rings is 1. The molecule has 0 spiro atoms. The zero-order chi connectivity index (χ0) is 24.9. The van der Waals surface area contributed by atoms with Crippen LogP contribution in [0.1, 0.15) is 47.6 Å². The first-order chi connectivity index (χ1) is 16.8. The highest BCUT2D eigenvalue weighted by Crippen LogP contribution is 2.53. The number of rotatable bonds is 5. The summed E-state index contributed by atoms with van der Waals surface area (Å²) in [4.78, 5) is 21.0. The third-order valence-electron chi connectivity index (χ3n) is 6.87. The van der Waals surface area contributed by atoms with Crippen molar-refractivity contribution in [3.8, 4) is 0 Å². The normalized spacial score (nSPS) is 24.3. The fourth-order valence-electron chi connectivity index (χ4n) is 5.34. The van der Waals surface area contributed by atoms with Crippen LogP contribution in [-0.4, -0.2) is 37.1 Å². The Morgan fingerprint density at radius 2 is 2.00 bits per heavy atom. The van der Waals surface area contributed by atoms with Gasteiger partial charge in [0.25, 0.3) is 5.91 Å². The van der Waals surface area contributed by atoms with Crippen molar-refractivity contribution in [2.45, 2.75) is 43.2 Å². The summed E-state index contributed by atoms with van der Waals surface area (Å²) in [6.07, 6.45) is 4.74. The summed E-state index contributed by atoms with van der Waals surface area (Å²) >= 11 is 0.987. The smallest absolute Gasteiger partial charge is 0.268 e. The maximum absolute atomic E-state index is 15.0. The van der Waals surface area contributed by atoms with E-state index in [1.807, 2.05) is 0 Å². The number of fused-ring (bicyclic) bond motifs is 1. The number of methoxy groups -OCH3 is 1. The highest BCUT2D eigenvalue weighted by atomic mass is 32.2. The minimum atomic E-state index is -0.976. The van der Waals surface area contributed by atoms with E-state index in [9.17, 15) is 13.6 Å².